The molecule has 0 unspecified atom stereocenters. The van der Waals surface area contributed by atoms with Gasteiger partial charge in [-0.1, -0.05) is 5.16 Å². The minimum Gasteiger partial charge on any atom is -0.337 e. The predicted octanol–water partition coefficient (Wildman–Crippen LogP) is 1.10. The number of hydrogen-bond donors (Lipinski definition) is 1. The van der Waals surface area contributed by atoms with Gasteiger partial charge in [0.1, 0.15) is 24.0 Å². The van der Waals surface area contributed by atoms with E-state index >= 15 is 0 Å². The highest BCUT2D eigenvalue weighted by atomic mass is 19.4. The van der Waals surface area contributed by atoms with Crippen molar-refractivity contribution < 1.29 is 22.5 Å². The lowest BCUT2D eigenvalue weighted by atomic mass is 10.3. The highest BCUT2D eigenvalue weighted by Crippen LogP contribution is 2.27. The summed E-state index contributed by atoms with van der Waals surface area (Å²) in [5, 5.41) is 6.19. The van der Waals surface area contributed by atoms with Crippen LogP contribution in [0.15, 0.2) is 45.2 Å². The molecule has 18 heteroatoms. The van der Waals surface area contributed by atoms with Crippen LogP contribution in [-0.4, -0.2) is 54.7 Å². The monoisotopic (exact) mass is 557 g/mol. The van der Waals surface area contributed by atoms with Gasteiger partial charge in [-0.05, 0) is 13.8 Å². The van der Waals surface area contributed by atoms with Gasteiger partial charge in [0.15, 0.2) is 28.5 Å². The second-order valence-corrected chi connectivity index (χ2v) is 8.53. The van der Waals surface area contributed by atoms with Crippen LogP contribution in [-0.2, 0) is 24.6 Å². The molecule has 1 amide bonds. The van der Waals surface area contributed by atoms with Gasteiger partial charge in [0.25, 0.3) is 5.56 Å². The summed E-state index contributed by atoms with van der Waals surface area (Å²) in [6.07, 6.45) is 0.519. The molecule has 5 rings (SSSR count). The first-order valence-electron chi connectivity index (χ1n) is 11.4. The lowest BCUT2D eigenvalue weighted by Crippen LogP contribution is -2.40. The Hall–Kier alpha value is -5.29. The van der Waals surface area contributed by atoms with Crippen LogP contribution >= 0.6 is 0 Å². The number of imidazole rings is 1. The number of halogens is 3. The van der Waals surface area contributed by atoms with Crippen LogP contribution < -0.4 is 16.6 Å². The number of alkyl halides is 3. The summed E-state index contributed by atoms with van der Waals surface area (Å²) in [4.78, 5) is 62.6. The Morgan fingerprint density at radius 1 is 1.07 bits per heavy atom. The van der Waals surface area contributed by atoms with Crippen molar-refractivity contribution in [2.24, 2.45) is 7.05 Å². The Bertz CT molecular complexity index is 1860. The van der Waals surface area contributed by atoms with E-state index in [9.17, 15) is 27.6 Å². The summed E-state index contributed by atoms with van der Waals surface area (Å²) in [6, 6.07) is -1.02. The van der Waals surface area contributed by atoms with E-state index in [2.05, 4.69) is 40.4 Å². The van der Waals surface area contributed by atoms with Gasteiger partial charge in [0, 0.05) is 7.05 Å². The zero-order chi connectivity index (χ0) is 28.8. The molecule has 0 radical (unpaired) electrons. The first kappa shape index (κ1) is 26.3. The average molecular weight is 557 g/mol. The Morgan fingerprint density at radius 2 is 1.85 bits per heavy atom. The van der Waals surface area contributed by atoms with Crippen molar-refractivity contribution in [3.63, 3.8) is 0 Å². The maximum atomic E-state index is 13.3. The molecule has 0 spiro atoms. The van der Waals surface area contributed by atoms with Crippen LogP contribution in [0.1, 0.15) is 30.4 Å². The van der Waals surface area contributed by atoms with Gasteiger partial charge < -0.3 is 14.4 Å². The van der Waals surface area contributed by atoms with E-state index < -0.39 is 35.1 Å². The van der Waals surface area contributed by atoms with Gasteiger partial charge in [0.05, 0.1) is 31.1 Å². The topological polar surface area (TPSA) is 181 Å². The number of rotatable bonds is 6. The molecule has 15 nitrogen and oxygen atoms in total. The summed E-state index contributed by atoms with van der Waals surface area (Å²) in [7, 11) is 1.42. The molecule has 5 aromatic rings. The number of nitrogens with one attached hydrogen (secondary N) is 1. The summed E-state index contributed by atoms with van der Waals surface area (Å²) >= 11 is 0. The van der Waals surface area contributed by atoms with Crippen LogP contribution in [0, 0.1) is 6.92 Å². The lowest BCUT2D eigenvalue weighted by Gasteiger charge is -2.15. The smallest absolute Gasteiger partial charge is 0.337 e. The molecule has 5 aromatic heterocycles. The normalized spacial score (nSPS) is 12.6. The van der Waals surface area contributed by atoms with Crippen molar-refractivity contribution in [3.05, 3.63) is 69.4 Å². The van der Waals surface area contributed by atoms with Crippen molar-refractivity contribution in [1.82, 2.24) is 48.8 Å². The molecule has 0 aromatic carbocycles. The highest BCUT2D eigenvalue weighted by molar-refractivity contribution is 5.93. The Labute approximate surface area is 220 Å². The first-order valence-corrected chi connectivity index (χ1v) is 11.4. The molecule has 5 heterocycles. The molecule has 0 bridgehead atoms. The second kappa shape index (κ2) is 9.79. The molecule has 0 aliphatic rings. The number of nitrogens with zero attached hydrogens (tertiary/aromatic N) is 10. The Morgan fingerprint density at radius 3 is 2.50 bits per heavy atom. The number of carbonyl (C=O) groups excluding carboxylic acids is 1. The van der Waals surface area contributed by atoms with E-state index in [4.69, 9.17) is 4.52 Å². The Balaban J connectivity index is 1.43. The molecule has 1 N–H and O–H groups in total. The van der Waals surface area contributed by atoms with Gasteiger partial charge in [-0.3, -0.25) is 24.1 Å². The molecule has 0 aliphatic heterocycles. The minimum atomic E-state index is -4.65. The molecule has 206 valence electrons. The predicted molar refractivity (Wildman–Crippen MR) is 129 cm³/mol. The zero-order valence-corrected chi connectivity index (χ0v) is 20.9. The van der Waals surface area contributed by atoms with Crippen molar-refractivity contribution in [2.45, 2.75) is 32.6 Å². The van der Waals surface area contributed by atoms with Crippen molar-refractivity contribution >= 4 is 22.9 Å². The molecule has 0 saturated heterocycles. The molecule has 1 atom stereocenters. The van der Waals surface area contributed by atoms with Crippen molar-refractivity contribution in [3.8, 4) is 11.4 Å². The number of fused-ring (bicyclic) bond motifs is 1. The number of hydrogen-bond acceptors (Lipinski definition) is 11. The SMILES string of the molecule is Cc1noc(Cn2c(=O)c3c(ncn3[C@@H](C)C(=O)Nc3cncc(-c4cnc(C(F)(F)F)cn4)n3)n(C)c2=O)n1. The number of aromatic nitrogens is 10. The van der Waals surface area contributed by atoms with E-state index in [1.165, 1.54) is 37.3 Å². The zero-order valence-electron chi connectivity index (χ0n) is 20.9. The third-order valence-electron chi connectivity index (χ3n) is 5.81. The number of anilines is 1. The Kier molecular flexibility index (Phi) is 6.44. The average Bonchev–Trinajstić information content (AvgIpc) is 3.55. The lowest BCUT2D eigenvalue weighted by molar-refractivity contribution is -0.141. The van der Waals surface area contributed by atoms with Gasteiger partial charge in [-0.2, -0.15) is 18.2 Å². The quantitative estimate of drug-likeness (QED) is 0.316. The molecule has 0 saturated carbocycles. The second-order valence-electron chi connectivity index (χ2n) is 8.53. The van der Waals surface area contributed by atoms with E-state index in [0.717, 1.165) is 15.3 Å². The third kappa shape index (κ3) is 4.81. The van der Waals surface area contributed by atoms with Crippen LogP contribution in [0.5, 0.6) is 0 Å². The molecule has 0 aliphatic carbocycles. The van der Waals surface area contributed by atoms with Crippen molar-refractivity contribution in [1.29, 1.82) is 0 Å². The fourth-order valence-electron chi connectivity index (χ4n) is 3.78. The molecular weight excluding hydrogens is 539 g/mol. The van der Waals surface area contributed by atoms with E-state index in [1.807, 2.05) is 0 Å². The molecule has 40 heavy (non-hydrogen) atoms. The largest absolute Gasteiger partial charge is 0.434 e. The minimum absolute atomic E-state index is 0.00293. The fourth-order valence-corrected chi connectivity index (χ4v) is 3.78. The summed E-state index contributed by atoms with van der Waals surface area (Å²) in [5.74, 6) is -0.286. The number of carbonyl (C=O) groups is 1. The van der Waals surface area contributed by atoms with E-state index in [-0.39, 0.29) is 40.8 Å². The van der Waals surface area contributed by atoms with Crippen LogP contribution in [0.3, 0.4) is 0 Å². The first-order chi connectivity index (χ1) is 18.9. The molecular formula is C22H18F3N11O4. The van der Waals surface area contributed by atoms with Crippen LogP contribution in [0.25, 0.3) is 22.6 Å². The van der Waals surface area contributed by atoms with Gasteiger partial charge in [-0.15, -0.1) is 0 Å². The van der Waals surface area contributed by atoms with Crippen LogP contribution in [0.2, 0.25) is 0 Å². The molecule has 0 fully saturated rings. The van der Waals surface area contributed by atoms with E-state index in [1.54, 1.807) is 6.92 Å². The summed E-state index contributed by atoms with van der Waals surface area (Å²) in [6.45, 7) is 2.79. The van der Waals surface area contributed by atoms with Gasteiger partial charge in [0.2, 0.25) is 11.8 Å². The number of aryl methyl sites for hydroxylation is 2. The maximum absolute atomic E-state index is 13.3. The van der Waals surface area contributed by atoms with Crippen molar-refractivity contribution in [2.75, 3.05) is 5.32 Å². The standard InChI is InChI=1S/C22H18F3N11O4/c1-10(19(37)32-15-7-26-4-13(31-15)12-5-28-14(6-27-12)22(23,24)25)36-9-29-18-17(36)20(38)35(21(39)34(18)3)8-16-30-11(2)33-40-16/h4-7,9-10H,8H2,1-3H3,(H,31,32,37)/t10-/m0/s1. The third-order valence-corrected chi connectivity index (χ3v) is 5.81. The van der Waals surface area contributed by atoms with Gasteiger partial charge in [-0.25, -0.2) is 24.3 Å². The summed E-state index contributed by atoms with van der Waals surface area (Å²) in [5.41, 5.74) is -2.48. The van der Waals surface area contributed by atoms with Gasteiger partial charge >= 0.3 is 11.9 Å². The fraction of sp³-hybridized carbons (Fsp3) is 0.273. The van der Waals surface area contributed by atoms with Crippen LogP contribution in [0.4, 0.5) is 19.0 Å². The van der Waals surface area contributed by atoms with E-state index in [0.29, 0.717) is 12.0 Å². The summed E-state index contributed by atoms with van der Waals surface area (Å²) < 4.78 is 46.7. The maximum Gasteiger partial charge on any atom is 0.434 e. The highest BCUT2D eigenvalue weighted by Gasteiger charge is 2.33. The number of amides is 1.